The predicted octanol–water partition coefficient (Wildman–Crippen LogP) is 2.28. The van der Waals surface area contributed by atoms with Gasteiger partial charge in [0.25, 0.3) is 0 Å². The average molecular weight is 269 g/mol. The van der Waals surface area contributed by atoms with Crippen LogP contribution in [0.25, 0.3) is 0 Å². The Morgan fingerprint density at radius 2 is 1.84 bits per heavy atom. The Labute approximate surface area is 120 Å². The number of rotatable bonds is 8. The molecule has 0 aromatic rings. The maximum Gasteiger partial charge on any atom is 0.0106 e. The molecule has 0 radical (unpaired) electrons. The molecule has 1 fully saturated rings. The zero-order chi connectivity index (χ0) is 14.3. The fourth-order valence-electron chi connectivity index (χ4n) is 3.48. The van der Waals surface area contributed by atoms with Crippen LogP contribution >= 0.6 is 0 Å². The van der Waals surface area contributed by atoms with Crippen molar-refractivity contribution in [3.05, 3.63) is 0 Å². The minimum absolute atomic E-state index is 0.731. The molecule has 0 aromatic carbocycles. The normalized spacial score (nSPS) is 28.3. The highest BCUT2D eigenvalue weighted by Gasteiger charge is 2.29. The van der Waals surface area contributed by atoms with Gasteiger partial charge >= 0.3 is 0 Å². The van der Waals surface area contributed by atoms with E-state index in [1.54, 1.807) is 0 Å². The van der Waals surface area contributed by atoms with Gasteiger partial charge in [0, 0.05) is 25.7 Å². The lowest BCUT2D eigenvalue weighted by Crippen LogP contribution is -2.44. The molecule has 1 aliphatic carbocycles. The number of nitrogens with zero attached hydrogens (tertiary/aromatic N) is 2. The van der Waals surface area contributed by atoms with Gasteiger partial charge < -0.3 is 15.1 Å². The first-order valence-corrected chi connectivity index (χ1v) is 8.07. The molecule has 0 aromatic heterocycles. The molecule has 0 heterocycles. The zero-order valence-corrected chi connectivity index (χ0v) is 13.8. The fraction of sp³-hybridized carbons (Fsp3) is 1.00. The average Bonchev–Trinajstić information content (AvgIpc) is 2.37. The third-order valence-electron chi connectivity index (χ3n) is 4.63. The van der Waals surface area contributed by atoms with Gasteiger partial charge in [0.2, 0.25) is 0 Å². The van der Waals surface area contributed by atoms with E-state index in [0.29, 0.717) is 0 Å². The Balaban J connectivity index is 2.41. The second-order valence-electron chi connectivity index (χ2n) is 6.69. The largest absolute Gasteiger partial charge is 0.317 e. The highest BCUT2D eigenvalue weighted by molar-refractivity contribution is 4.85. The standard InChI is InChI=1S/C16H35N3/c1-6-7-14-8-9-16(17-2)15(12-14)13-19(5)11-10-18(3)4/h14-17H,6-13H2,1-5H3. The van der Waals surface area contributed by atoms with Gasteiger partial charge in [0.15, 0.2) is 0 Å². The number of hydrogen-bond acceptors (Lipinski definition) is 3. The van der Waals surface area contributed by atoms with Gasteiger partial charge in [-0.1, -0.05) is 19.8 Å². The summed E-state index contributed by atoms with van der Waals surface area (Å²) in [6, 6.07) is 0.731. The van der Waals surface area contributed by atoms with Crippen molar-refractivity contribution in [2.45, 2.75) is 45.1 Å². The molecule has 3 nitrogen and oxygen atoms in total. The van der Waals surface area contributed by atoms with Crippen LogP contribution in [0.1, 0.15) is 39.0 Å². The monoisotopic (exact) mass is 269 g/mol. The van der Waals surface area contributed by atoms with Crippen molar-refractivity contribution < 1.29 is 0 Å². The van der Waals surface area contributed by atoms with Crippen LogP contribution in [0.5, 0.6) is 0 Å². The van der Waals surface area contributed by atoms with E-state index in [4.69, 9.17) is 0 Å². The topological polar surface area (TPSA) is 18.5 Å². The summed E-state index contributed by atoms with van der Waals surface area (Å²) >= 11 is 0. The summed E-state index contributed by atoms with van der Waals surface area (Å²) in [5.41, 5.74) is 0. The lowest BCUT2D eigenvalue weighted by atomic mass is 9.76. The molecule has 0 amide bonds. The quantitative estimate of drug-likeness (QED) is 0.729. The smallest absolute Gasteiger partial charge is 0.0106 e. The van der Waals surface area contributed by atoms with Crippen molar-refractivity contribution in [3.63, 3.8) is 0 Å². The summed E-state index contributed by atoms with van der Waals surface area (Å²) in [5.74, 6) is 1.81. The summed E-state index contributed by atoms with van der Waals surface area (Å²) in [7, 11) is 8.72. The maximum absolute atomic E-state index is 3.55. The SMILES string of the molecule is CCCC1CCC(NC)C(CN(C)CCN(C)C)C1. The van der Waals surface area contributed by atoms with E-state index < -0.39 is 0 Å². The number of nitrogens with one attached hydrogen (secondary N) is 1. The predicted molar refractivity (Wildman–Crippen MR) is 84.6 cm³/mol. The first kappa shape index (κ1) is 16.9. The lowest BCUT2D eigenvalue weighted by molar-refractivity contribution is 0.149. The summed E-state index contributed by atoms with van der Waals surface area (Å²) < 4.78 is 0. The molecule has 1 saturated carbocycles. The molecule has 0 aliphatic heterocycles. The van der Waals surface area contributed by atoms with E-state index in [-0.39, 0.29) is 0 Å². The van der Waals surface area contributed by atoms with Crippen LogP contribution in [0, 0.1) is 11.8 Å². The highest BCUT2D eigenvalue weighted by atomic mass is 15.2. The van der Waals surface area contributed by atoms with Crippen LogP contribution in [0.2, 0.25) is 0 Å². The molecule has 0 saturated heterocycles. The Bertz CT molecular complexity index is 230. The van der Waals surface area contributed by atoms with Crippen molar-refractivity contribution in [1.82, 2.24) is 15.1 Å². The molecular weight excluding hydrogens is 234 g/mol. The molecular formula is C16H35N3. The van der Waals surface area contributed by atoms with Gasteiger partial charge in [-0.25, -0.2) is 0 Å². The second-order valence-corrected chi connectivity index (χ2v) is 6.69. The highest BCUT2D eigenvalue weighted by Crippen LogP contribution is 2.32. The van der Waals surface area contributed by atoms with E-state index in [1.165, 1.54) is 45.2 Å². The summed E-state index contributed by atoms with van der Waals surface area (Å²) in [6.07, 6.45) is 6.99. The van der Waals surface area contributed by atoms with Gasteiger partial charge in [-0.15, -0.1) is 0 Å². The minimum Gasteiger partial charge on any atom is -0.317 e. The number of hydrogen-bond donors (Lipinski definition) is 1. The van der Waals surface area contributed by atoms with Gasteiger partial charge in [-0.2, -0.15) is 0 Å². The number of likely N-dealkylation sites (N-methyl/N-ethyl adjacent to an activating group) is 2. The van der Waals surface area contributed by atoms with Crippen molar-refractivity contribution >= 4 is 0 Å². The Hall–Kier alpha value is -0.120. The van der Waals surface area contributed by atoms with Gasteiger partial charge in [0.1, 0.15) is 0 Å². The molecule has 1 rings (SSSR count). The van der Waals surface area contributed by atoms with Crippen molar-refractivity contribution in [2.75, 3.05) is 47.8 Å². The molecule has 3 heteroatoms. The summed E-state index contributed by atoms with van der Waals surface area (Å²) in [6.45, 7) is 5.91. The molecule has 3 atom stereocenters. The van der Waals surface area contributed by atoms with E-state index in [0.717, 1.165) is 24.4 Å². The third kappa shape index (κ3) is 6.24. The van der Waals surface area contributed by atoms with E-state index in [1.807, 2.05) is 0 Å². The van der Waals surface area contributed by atoms with Crippen molar-refractivity contribution in [1.29, 1.82) is 0 Å². The van der Waals surface area contributed by atoms with E-state index in [9.17, 15) is 0 Å². The molecule has 1 N–H and O–H groups in total. The first-order chi connectivity index (χ1) is 9.06. The first-order valence-electron chi connectivity index (χ1n) is 8.07. The molecule has 1 aliphatic rings. The molecule has 3 unspecified atom stereocenters. The Morgan fingerprint density at radius 1 is 1.11 bits per heavy atom. The van der Waals surface area contributed by atoms with E-state index >= 15 is 0 Å². The maximum atomic E-state index is 3.55. The lowest BCUT2D eigenvalue weighted by Gasteiger charge is -2.38. The molecule has 0 bridgehead atoms. The molecule has 0 spiro atoms. The van der Waals surface area contributed by atoms with Gasteiger partial charge in [-0.3, -0.25) is 0 Å². The van der Waals surface area contributed by atoms with Crippen LogP contribution < -0.4 is 5.32 Å². The van der Waals surface area contributed by atoms with Crippen molar-refractivity contribution in [3.8, 4) is 0 Å². The van der Waals surface area contributed by atoms with E-state index in [2.05, 4.69) is 50.2 Å². The van der Waals surface area contributed by atoms with Crippen LogP contribution in [0.3, 0.4) is 0 Å². The van der Waals surface area contributed by atoms with Crippen LogP contribution in [-0.2, 0) is 0 Å². The second kappa shape index (κ2) is 8.93. The van der Waals surface area contributed by atoms with Crippen molar-refractivity contribution in [2.24, 2.45) is 11.8 Å². The summed E-state index contributed by atoms with van der Waals surface area (Å²) in [5, 5.41) is 3.55. The van der Waals surface area contributed by atoms with Crippen LogP contribution in [0.15, 0.2) is 0 Å². The van der Waals surface area contributed by atoms with Gasteiger partial charge in [0.05, 0.1) is 0 Å². The minimum atomic E-state index is 0.731. The van der Waals surface area contributed by atoms with Crippen LogP contribution in [-0.4, -0.2) is 63.7 Å². The summed E-state index contributed by atoms with van der Waals surface area (Å²) in [4.78, 5) is 4.79. The Morgan fingerprint density at radius 3 is 2.42 bits per heavy atom. The third-order valence-corrected chi connectivity index (χ3v) is 4.63. The van der Waals surface area contributed by atoms with Crippen LogP contribution in [0.4, 0.5) is 0 Å². The molecule has 19 heavy (non-hydrogen) atoms. The molecule has 114 valence electrons. The fourth-order valence-corrected chi connectivity index (χ4v) is 3.48. The zero-order valence-electron chi connectivity index (χ0n) is 13.8. The Kier molecular flexibility index (Phi) is 7.96. The van der Waals surface area contributed by atoms with Gasteiger partial charge in [-0.05, 0) is 59.3 Å².